The van der Waals surface area contributed by atoms with E-state index in [1.54, 1.807) is 0 Å². The largest absolute Gasteiger partial charge is 0.313 e. The molecule has 2 unspecified atom stereocenters. The van der Waals surface area contributed by atoms with E-state index in [1.165, 1.54) is 0 Å². The number of nitrogens with zero attached hydrogens (tertiary/aromatic N) is 1. The Balaban J connectivity index is 3.57. The van der Waals surface area contributed by atoms with E-state index < -0.39 is 0 Å². The molecule has 0 saturated heterocycles. The molecular formula is C11H27N3. The average Bonchev–Trinajstić information content (AvgIpc) is 2.03. The summed E-state index contributed by atoms with van der Waals surface area (Å²) in [5.41, 5.74) is 0. The Kier molecular flexibility index (Phi) is 8.14. The van der Waals surface area contributed by atoms with E-state index in [9.17, 15) is 0 Å². The molecule has 0 heterocycles. The molecule has 3 heteroatoms. The first-order chi connectivity index (χ1) is 6.60. The third-order valence-electron chi connectivity index (χ3n) is 2.28. The zero-order chi connectivity index (χ0) is 11.0. The number of hydrogen-bond donors (Lipinski definition) is 2. The Hall–Kier alpha value is -0.120. The van der Waals surface area contributed by atoms with Gasteiger partial charge in [0, 0.05) is 25.2 Å². The molecule has 0 saturated carbocycles. The average molecular weight is 201 g/mol. The van der Waals surface area contributed by atoms with Gasteiger partial charge in [-0.1, -0.05) is 13.8 Å². The highest BCUT2D eigenvalue weighted by Gasteiger charge is 2.07. The lowest BCUT2D eigenvalue weighted by Gasteiger charge is -2.25. The molecule has 86 valence electrons. The van der Waals surface area contributed by atoms with Crippen LogP contribution in [0.3, 0.4) is 0 Å². The van der Waals surface area contributed by atoms with Gasteiger partial charge >= 0.3 is 0 Å². The van der Waals surface area contributed by atoms with Gasteiger partial charge in [-0.2, -0.15) is 0 Å². The van der Waals surface area contributed by atoms with Gasteiger partial charge in [0.25, 0.3) is 0 Å². The van der Waals surface area contributed by atoms with Gasteiger partial charge in [-0.25, -0.2) is 0 Å². The third kappa shape index (κ3) is 7.30. The molecule has 0 aromatic carbocycles. The first-order valence-electron chi connectivity index (χ1n) is 5.75. The maximum atomic E-state index is 3.42. The van der Waals surface area contributed by atoms with Gasteiger partial charge in [0.1, 0.15) is 0 Å². The zero-order valence-corrected chi connectivity index (χ0v) is 10.4. The van der Waals surface area contributed by atoms with Gasteiger partial charge < -0.3 is 15.5 Å². The molecule has 0 bridgehead atoms. The molecule has 0 aromatic rings. The summed E-state index contributed by atoms with van der Waals surface area (Å²) >= 11 is 0. The predicted octanol–water partition coefficient (Wildman–Crippen LogP) is 0.914. The van der Waals surface area contributed by atoms with E-state index in [0.29, 0.717) is 12.1 Å². The fourth-order valence-electron chi connectivity index (χ4n) is 1.84. The second kappa shape index (κ2) is 8.21. The van der Waals surface area contributed by atoms with E-state index >= 15 is 0 Å². The van der Waals surface area contributed by atoms with Crippen LogP contribution >= 0.6 is 0 Å². The molecule has 2 N–H and O–H groups in total. The van der Waals surface area contributed by atoms with Crippen molar-refractivity contribution in [2.24, 2.45) is 0 Å². The molecule has 2 atom stereocenters. The van der Waals surface area contributed by atoms with Crippen molar-refractivity contribution in [1.82, 2.24) is 15.5 Å². The second-order valence-corrected chi connectivity index (χ2v) is 4.14. The smallest absolute Gasteiger partial charge is 0.0166 e. The molecule has 0 spiro atoms. The highest BCUT2D eigenvalue weighted by atomic mass is 15.1. The van der Waals surface area contributed by atoms with Gasteiger partial charge in [-0.3, -0.25) is 0 Å². The van der Waals surface area contributed by atoms with Crippen LogP contribution < -0.4 is 10.6 Å². The summed E-state index contributed by atoms with van der Waals surface area (Å²) in [5.74, 6) is 0. The lowest BCUT2D eigenvalue weighted by molar-refractivity contribution is 0.272. The molecule has 0 aliphatic heterocycles. The summed E-state index contributed by atoms with van der Waals surface area (Å²) in [6.07, 6.45) is 0. The van der Waals surface area contributed by atoms with Crippen molar-refractivity contribution in [3.05, 3.63) is 0 Å². The highest BCUT2D eigenvalue weighted by Crippen LogP contribution is 1.91. The van der Waals surface area contributed by atoms with Crippen LogP contribution in [-0.2, 0) is 0 Å². The van der Waals surface area contributed by atoms with Crippen LogP contribution in [0.1, 0.15) is 27.7 Å². The molecule has 0 aromatic heterocycles. The fraction of sp³-hybridized carbons (Fsp3) is 1.00. The summed E-state index contributed by atoms with van der Waals surface area (Å²) in [7, 11) is 2.18. The molecule has 0 fully saturated rings. The maximum Gasteiger partial charge on any atom is 0.0166 e. The van der Waals surface area contributed by atoms with Crippen molar-refractivity contribution < 1.29 is 0 Å². The Morgan fingerprint density at radius 2 is 1.29 bits per heavy atom. The van der Waals surface area contributed by atoms with Gasteiger partial charge in [0.2, 0.25) is 0 Å². The van der Waals surface area contributed by atoms with Crippen LogP contribution in [0.5, 0.6) is 0 Å². The van der Waals surface area contributed by atoms with E-state index in [2.05, 4.69) is 50.3 Å². The Morgan fingerprint density at radius 3 is 1.57 bits per heavy atom. The predicted molar refractivity (Wildman–Crippen MR) is 63.8 cm³/mol. The number of rotatable bonds is 8. The zero-order valence-electron chi connectivity index (χ0n) is 10.4. The van der Waals surface area contributed by atoms with Gasteiger partial charge in [0.15, 0.2) is 0 Å². The topological polar surface area (TPSA) is 27.3 Å². The van der Waals surface area contributed by atoms with Crippen LogP contribution in [0.2, 0.25) is 0 Å². The molecule has 3 nitrogen and oxygen atoms in total. The minimum absolute atomic E-state index is 0.582. The first kappa shape index (κ1) is 13.9. The molecule has 14 heavy (non-hydrogen) atoms. The van der Waals surface area contributed by atoms with E-state index in [-0.39, 0.29) is 0 Å². The second-order valence-electron chi connectivity index (χ2n) is 4.14. The minimum Gasteiger partial charge on any atom is -0.313 e. The molecule has 0 aliphatic rings. The lowest BCUT2D eigenvalue weighted by Crippen LogP contribution is -2.43. The standard InChI is InChI=1S/C11H27N3/c1-6-12-10(3)8-14(5)9-11(4)13-7-2/h10-13H,6-9H2,1-5H3. The lowest BCUT2D eigenvalue weighted by atomic mass is 10.2. The number of nitrogens with one attached hydrogen (secondary N) is 2. The van der Waals surface area contributed by atoms with Crippen LogP contribution in [0.15, 0.2) is 0 Å². The summed E-state index contributed by atoms with van der Waals surface area (Å²) < 4.78 is 0. The molecular weight excluding hydrogens is 174 g/mol. The number of likely N-dealkylation sites (N-methyl/N-ethyl adjacent to an activating group) is 3. The van der Waals surface area contributed by atoms with Gasteiger partial charge in [-0.15, -0.1) is 0 Å². The van der Waals surface area contributed by atoms with Crippen LogP contribution in [-0.4, -0.2) is 50.2 Å². The van der Waals surface area contributed by atoms with Crippen LogP contribution in [0.25, 0.3) is 0 Å². The molecule has 0 radical (unpaired) electrons. The fourth-order valence-corrected chi connectivity index (χ4v) is 1.84. The summed E-state index contributed by atoms with van der Waals surface area (Å²) in [4.78, 5) is 2.38. The van der Waals surface area contributed by atoms with Crippen molar-refractivity contribution in [3.63, 3.8) is 0 Å². The summed E-state index contributed by atoms with van der Waals surface area (Å²) in [5, 5.41) is 6.84. The van der Waals surface area contributed by atoms with E-state index in [4.69, 9.17) is 0 Å². The van der Waals surface area contributed by atoms with Crippen LogP contribution in [0.4, 0.5) is 0 Å². The third-order valence-corrected chi connectivity index (χ3v) is 2.28. The normalized spacial score (nSPS) is 15.9. The molecule has 0 rings (SSSR count). The monoisotopic (exact) mass is 201 g/mol. The van der Waals surface area contributed by atoms with E-state index in [1.807, 2.05) is 0 Å². The number of hydrogen-bond acceptors (Lipinski definition) is 3. The van der Waals surface area contributed by atoms with E-state index in [0.717, 1.165) is 26.2 Å². The van der Waals surface area contributed by atoms with Gasteiger partial charge in [-0.05, 0) is 34.0 Å². The Labute approximate surface area is 89.2 Å². The van der Waals surface area contributed by atoms with Crippen molar-refractivity contribution in [1.29, 1.82) is 0 Å². The van der Waals surface area contributed by atoms with Crippen molar-refractivity contribution in [3.8, 4) is 0 Å². The molecule has 0 amide bonds. The SMILES string of the molecule is CCNC(C)CN(C)CC(C)NCC. The Bertz CT molecular complexity index is 114. The summed E-state index contributed by atoms with van der Waals surface area (Å²) in [6.45, 7) is 13.1. The van der Waals surface area contributed by atoms with Crippen LogP contribution in [0, 0.1) is 0 Å². The van der Waals surface area contributed by atoms with Crippen molar-refractivity contribution >= 4 is 0 Å². The first-order valence-corrected chi connectivity index (χ1v) is 5.75. The minimum atomic E-state index is 0.582. The molecule has 0 aliphatic carbocycles. The van der Waals surface area contributed by atoms with Crippen molar-refractivity contribution in [2.45, 2.75) is 39.8 Å². The van der Waals surface area contributed by atoms with Gasteiger partial charge in [0.05, 0.1) is 0 Å². The highest BCUT2D eigenvalue weighted by molar-refractivity contribution is 4.69. The Morgan fingerprint density at radius 1 is 0.929 bits per heavy atom. The maximum absolute atomic E-state index is 3.42. The quantitative estimate of drug-likeness (QED) is 0.611. The summed E-state index contributed by atoms with van der Waals surface area (Å²) in [6, 6.07) is 1.16. The van der Waals surface area contributed by atoms with Crippen molar-refractivity contribution in [2.75, 3.05) is 33.2 Å².